The van der Waals surface area contributed by atoms with Crippen molar-refractivity contribution in [2.75, 3.05) is 11.4 Å². The lowest BCUT2D eigenvalue weighted by molar-refractivity contribution is -0.114. The number of carbonyl (C=O) groups is 2. The zero-order chi connectivity index (χ0) is 20.3. The molecule has 5 heteroatoms. The number of aromatic hydroxyl groups is 2. The predicted octanol–water partition coefficient (Wildman–Crippen LogP) is 4.21. The van der Waals surface area contributed by atoms with E-state index in [2.05, 4.69) is 0 Å². The highest BCUT2D eigenvalue weighted by Gasteiger charge is 2.29. The van der Waals surface area contributed by atoms with Gasteiger partial charge in [0.1, 0.15) is 11.5 Å². The lowest BCUT2D eigenvalue weighted by Gasteiger charge is -2.23. The highest BCUT2D eigenvalue weighted by Crippen LogP contribution is 2.36. The predicted molar refractivity (Wildman–Crippen MR) is 109 cm³/mol. The minimum atomic E-state index is -0.271. The van der Waals surface area contributed by atoms with Crippen molar-refractivity contribution in [2.24, 2.45) is 0 Å². The fourth-order valence-corrected chi connectivity index (χ4v) is 3.52. The van der Waals surface area contributed by atoms with Crippen LogP contribution in [-0.2, 0) is 9.59 Å². The first-order chi connectivity index (χ1) is 13.4. The highest BCUT2D eigenvalue weighted by molar-refractivity contribution is 6.15. The first-order valence-electron chi connectivity index (χ1n) is 9.20. The second-order valence-electron chi connectivity index (χ2n) is 6.88. The first kappa shape index (κ1) is 19.4. The topological polar surface area (TPSA) is 77.8 Å². The summed E-state index contributed by atoms with van der Waals surface area (Å²) in [4.78, 5) is 26.9. The molecule has 1 heterocycles. The molecule has 1 aliphatic heterocycles. The van der Waals surface area contributed by atoms with Gasteiger partial charge in [-0.25, -0.2) is 0 Å². The van der Waals surface area contributed by atoms with Crippen LogP contribution in [0.4, 0.5) is 5.69 Å². The van der Waals surface area contributed by atoms with Gasteiger partial charge in [0.2, 0.25) is 0 Å². The normalized spacial score (nSPS) is 18.1. The van der Waals surface area contributed by atoms with Crippen LogP contribution in [0.5, 0.6) is 11.5 Å². The Hall–Kier alpha value is -3.34. The molecule has 0 bridgehead atoms. The largest absolute Gasteiger partial charge is 0.508 e. The Bertz CT molecular complexity index is 988. The summed E-state index contributed by atoms with van der Waals surface area (Å²) in [6, 6.07) is 13.4. The van der Waals surface area contributed by atoms with Crippen LogP contribution in [0, 0.1) is 0 Å². The van der Waals surface area contributed by atoms with Crippen molar-refractivity contribution >= 4 is 23.0 Å². The minimum absolute atomic E-state index is 0.0317. The number of para-hydroxylation sites is 2. The van der Waals surface area contributed by atoms with Crippen LogP contribution in [0.3, 0.4) is 0 Å². The van der Waals surface area contributed by atoms with Crippen LogP contribution in [0.2, 0.25) is 0 Å². The number of benzene rings is 2. The van der Waals surface area contributed by atoms with Crippen molar-refractivity contribution in [3.63, 3.8) is 0 Å². The smallest absolute Gasteiger partial charge is 0.258 e. The van der Waals surface area contributed by atoms with Gasteiger partial charge in [-0.15, -0.1) is 0 Å². The maximum absolute atomic E-state index is 13.5. The molecule has 2 aromatic carbocycles. The molecule has 144 valence electrons. The molecule has 0 unspecified atom stereocenters. The second-order valence-corrected chi connectivity index (χ2v) is 6.88. The summed E-state index contributed by atoms with van der Waals surface area (Å²) < 4.78 is 0. The van der Waals surface area contributed by atoms with Crippen LogP contribution in [-0.4, -0.2) is 28.4 Å². The molecule has 1 aliphatic rings. The highest BCUT2D eigenvalue weighted by atomic mass is 16.3. The maximum atomic E-state index is 13.5. The van der Waals surface area contributed by atoms with E-state index in [1.54, 1.807) is 47.4 Å². The number of phenols is 2. The lowest BCUT2D eigenvalue weighted by atomic mass is 9.92. The molecule has 0 saturated carbocycles. The quantitative estimate of drug-likeness (QED) is 0.786. The van der Waals surface area contributed by atoms with Crippen LogP contribution < -0.4 is 4.90 Å². The first-order valence-corrected chi connectivity index (χ1v) is 9.20. The Balaban J connectivity index is 2.19. The standard InChI is InChI=1S/C23H23NO4/c1-15(25)13-18-8-6-12-24(20-10-3-4-11-21(20)27)23(28)22(18)16(2)17-7-5-9-19(26)14-17/h3-5,7,9-11,13-14,26-27H,6,8,12H2,1-2H3/b18-13-,22-16-. The van der Waals surface area contributed by atoms with Gasteiger partial charge in [0.25, 0.3) is 5.91 Å². The Morgan fingerprint density at radius 1 is 1.07 bits per heavy atom. The van der Waals surface area contributed by atoms with E-state index in [-0.39, 0.29) is 23.2 Å². The Labute approximate surface area is 164 Å². The second kappa shape index (κ2) is 8.13. The van der Waals surface area contributed by atoms with E-state index in [0.29, 0.717) is 47.4 Å². The van der Waals surface area contributed by atoms with Crippen LogP contribution >= 0.6 is 0 Å². The van der Waals surface area contributed by atoms with Gasteiger partial charge in [-0.1, -0.05) is 24.3 Å². The Morgan fingerprint density at radius 2 is 1.82 bits per heavy atom. The summed E-state index contributed by atoms with van der Waals surface area (Å²) in [5, 5.41) is 20.1. The van der Waals surface area contributed by atoms with Gasteiger partial charge in [0, 0.05) is 12.1 Å². The summed E-state index contributed by atoms with van der Waals surface area (Å²) >= 11 is 0. The van der Waals surface area contributed by atoms with Crippen molar-refractivity contribution in [2.45, 2.75) is 26.7 Å². The summed E-state index contributed by atoms with van der Waals surface area (Å²) in [7, 11) is 0. The molecular formula is C23H23NO4. The molecule has 2 aromatic rings. The molecule has 3 rings (SSSR count). The van der Waals surface area contributed by atoms with E-state index < -0.39 is 0 Å². The number of carbonyl (C=O) groups excluding carboxylic acids is 2. The van der Waals surface area contributed by atoms with Gasteiger partial charge < -0.3 is 15.1 Å². The fraction of sp³-hybridized carbons (Fsp3) is 0.217. The third-order valence-corrected chi connectivity index (χ3v) is 4.81. The van der Waals surface area contributed by atoms with Gasteiger partial charge >= 0.3 is 0 Å². The van der Waals surface area contributed by atoms with E-state index in [9.17, 15) is 19.8 Å². The zero-order valence-electron chi connectivity index (χ0n) is 16.0. The molecule has 5 nitrogen and oxygen atoms in total. The number of nitrogens with zero attached hydrogens (tertiary/aromatic N) is 1. The Kier molecular flexibility index (Phi) is 5.64. The van der Waals surface area contributed by atoms with Crippen LogP contribution in [0.1, 0.15) is 32.3 Å². The molecule has 0 aliphatic carbocycles. The van der Waals surface area contributed by atoms with Crippen molar-refractivity contribution in [1.82, 2.24) is 0 Å². The molecular weight excluding hydrogens is 354 g/mol. The molecule has 0 atom stereocenters. The fourth-order valence-electron chi connectivity index (χ4n) is 3.52. The number of rotatable bonds is 3. The van der Waals surface area contributed by atoms with E-state index in [0.717, 1.165) is 0 Å². The number of hydrogen-bond acceptors (Lipinski definition) is 4. The van der Waals surface area contributed by atoms with E-state index >= 15 is 0 Å². The molecule has 0 spiro atoms. The number of allylic oxidation sites excluding steroid dienone is 2. The molecule has 2 N–H and O–H groups in total. The summed E-state index contributed by atoms with van der Waals surface area (Å²) in [5.41, 5.74) is 2.93. The zero-order valence-corrected chi connectivity index (χ0v) is 16.0. The summed E-state index contributed by atoms with van der Waals surface area (Å²) in [6.07, 6.45) is 2.74. The summed E-state index contributed by atoms with van der Waals surface area (Å²) in [5.74, 6) is -0.259. The number of ketones is 1. The number of amides is 1. The van der Waals surface area contributed by atoms with Gasteiger partial charge in [0.15, 0.2) is 5.78 Å². The van der Waals surface area contributed by atoms with E-state index in [1.807, 2.05) is 13.0 Å². The molecule has 0 aromatic heterocycles. The van der Waals surface area contributed by atoms with E-state index in [1.165, 1.54) is 13.0 Å². The monoisotopic (exact) mass is 377 g/mol. The molecule has 1 saturated heterocycles. The van der Waals surface area contributed by atoms with Gasteiger partial charge in [-0.05, 0) is 73.7 Å². The Morgan fingerprint density at radius 3 is 2.50 bits per heavy atom. The minimum Gasteiger partial charge on any atom is -0.508 e. The third-order valence-electron chi connectivity index (χ3n) is 4.81. The molecule has 28 heavy (non-hydrogen) atoms. The number of hydrogen-bond donors (Lipinski definition) is 2. The summed E-state index contributed by atoms with van der Waals surface area (Å²) in [6.45, 7) is 3.71. The van der Waals surface area contributed by atoms with Gasteiger partial charge in [0.05, 0.1) is 5.69 Å². The van der Waals surface area contributed by atoms with Crippen molar-refractivity contribution in [3.05, 3.63) is 71.3 Å². The average molecular weight is 377 g/mol. The molecule has 1 fully saturated rings. The van der Waals surface area contributed by atoms with Crippen molar-refractivity contribution in [3.8, 4) is 11.5 Å². The lowest BCUT2D eigenvalue weighted by Crippen LogP contribution is -2.32. The SMILES string of the molecule is CC(=O)/C=C1/CCCN(c2ccccc2O)C(=O)/C1=C(/C)c1cccc(O)c1. The van der Waals surface area contributed by atoms with Crippen molar-refractivity contribution < 1.29 is 19.8 Å². The number of phenolic OH excluding ortho intramolecular Hbond substituents is 2. The average Bonchev–Trinajstić information content (AvgIpc) is 2.80. The van der Waals surface area contributed by atoms with Crippen LogP contribution in [0.25, 0.3) is 5.57 Å². The van der Waals surface area contributed by atoms with E-state index in [4.69, 9.17) is 0 Å². The van der Waals surface area contributed by atoms with Gasteiger partial charge in [-0.3, -0.25) is 9.59 Å². The van der Waals surface area contributed by atoms with Crippen molar-refractivity contribution in [1.29, 1.82) is 0 Å². The molecule has 0 radical (unpaired) electrons. The third kappa shape index (κ3) is 3.98. The van der Waals surface area contributed by atoms with Gasteiger partial charge in [-0.2, -0.15) is 0 Å². The molecule has 1 amide bonds. The number of anilines is 1. The maximum Gasteiger partial charge on any atom is 0.258 e. The van der Waals surface area contributed by atoms with Crippen LogP contribution in [0.15, 0.2) is 65.8 Å².